The van der Waals surface area contributed by atoms with Gasteiger partial charge in [0.15, 0.2) is 18.1 Å². The van der Waals surface area contributed by atoms with Crippen LogP contribution in [-0.2, 0) is 9.59 Å². The number of nitriles is 1. The lowest BCUT2D eigenvalue weighted by atomic mass is 10.1. The molecule has 0 spiro atoms. The summed E-state index contributed by atoms with van der Waals surface area (Å²) in [6, 6.07) is 15.4. The summed E-state index contributed by atoms with van der Waals surface area (Å²) < 4.78 is 37.5. The van der Waals surface area contributed by atoms with E-state index in [0.717, 1.165) is 0 Å². The van der Waals surface area contributed by atoms with Crippen LogP contribution in [0.2, 0.25) is 5.02 Å². The smallest absolute Gasteiger partial charge is 0.266 e. The second-order valence-corrected chi connectivity index (χ2v) is 7.39. The van der Waals surface area contributed by atoms with Crippen molar-refractivity contribution in [2.24, 2.45) is 0 Å². The molecule has 2 N–H and O–H groups in total. The number of methoxy groups -OCH3 is 1. The molecule has 0 radical (unpaired) electrons. The van der Waals surface area contributed by atoms with Crippen LogP contribution < -0.4 is 20.1 Å². The number of rotatable bonds is 8. The number of hydrogen-bond acceptors (Lipinski definition) is 5. The van der Waals surface area contributed by atoms with E-state index in [1.165, 1.54) is 67.8 Å². The molecule has 0 fully saturated rings. The molecule has 0 aliphatic rings. The third-order valence-electron chi connectivity index (χ3n) is 4.53. The molecule has 0 bridgehead atoms. The Hall–Kier alpha value is -4.42. The zero-order valence-electron chi connectivity index (χ0n) is 18.3. The maximum absolute atomic E-state index is 13.7. The van der Waals surface area contributed by atoms with E-state index in [4.69, 9.17) is 21.1 Å². The van der Waals surface area contributed by atoms with Crippen LogP contribution in [0.15, 0.2) is 66.2 Å². The molecule has 3 rings (SSSR count). The van der Waals surface area contributed by atoms with Gasteiger partial charge in [-0.05, 0) is 60.2 Å². The van der Waals surface area contributed by atoms with Crippen LogP contribution in [0.5, 0.6) is 11.5 Å². The van der Waals surface area contributed by atoms with Crippen molar-refractivity contribution >= 4 is 40.9 Å². The lowest BCUT2D eigenvalue weighted by molar-refractivity contribution is -0.118. The molecule has 0 atom stereocenters. The van der Waals surface area contributed by atoms with Crippen molar-refractivity contribution in [2.45, 2.75) is 0 Å². The number of amides is 2. The number of carbonyl (C=O) groups is 2. The van der Waals surface area contributed by atoms with E-state index >= 15 is 0 Å². The topological polar surface area (TPSA) is 100 Å². The van der Waals surface area contributed by atoms with Gasteiger partial charge in [-0.3, -0.25) is 9.59 Å². The number of hydrogen-bond donors (Lipinski definition) is 2. The van der Waals surface area contributed by atoms with Crippen LogP contribution in [0.3, 0.4) is 0 Å². The summed E-state index contributed by atoms with van der Waals surface area (Å²) in [4.78, 5) is 24.6. The lowest BCUT2D eigenvalue weighted by Gasteiger charge is -2.14. The molecule has 0 saturated heterocycles. The molecule has 35 heavy (non-hydrogen) atoms. The number of nitrogens with zero attached hydrogens (tertiary/aromatic N) is 1. The minimum Gasteiger partial charge on any atom is -0.493 e. The molecule has 7 nitrogen and oxygen atoms in total. The van der Waals surface area contributed by atoms with E-state index in [9.17, 15) is 23.6 Å². The summed E-state index contributed by atoms with van der Waals surface area (Å²) in [5.41, 5.74) is 0.416. The Labute approximate surface area is 204 Å². The molecule has 0 aliphatic heterocycles. The molecule has 0 heterocycles. The number of anilines is 2. The average Bonchev–Trinajstić information content (AvgIpc) is 2.84. The molecule has 178 valence electrons. The number of para-hydroxylation sites is 1. The molecule has 0 aliphatic carbocycles. The zero-order valence-corrected chi connectivity index (χ0v) is 19.0. The fraction of sp³-hybridized carbons (Fsp3) is 0.0800. The summed E-state index contributed by atoms with van der Waals surface area (Å²) >= 11 is 6.29. The molecule has 3 aromatic rings. The van der Waals surface area contributed by atoms with E-state index in [1.54, 1.807) is 12.1 Å². The van der Waals surface area contributed by atoms with E-state index in [-0.39, 0.29) is 27.8 Å². The van der Waals surface area contributed by atoms with Gasteiger partial charge in [0.2, 0.25) is 0 Å². The van der Waals surface area contributed by atoms with Gasteiger partial charge in [-0.15, -0.1) is 0 Å². The van der Waals surface area contributed by atoms with Gasteiger partial charge in [0.05, 0.1) is 17.8 Å². The van der Waals surface area contributed by atoms with Gasteiger partial charge >= 0.3 is 0 Å². The fourth-order valence-corrected chi connectivity index (χ4v) is 3.17. The zero-order chi connectivity index (χ0) is 25.4. The van der Waals surface area contributed by atoms with Crippen LogP contribution >= 0.6 is 11.6 Å². The second kappa shape index (κ2) is 11.6. The van der Waals surface area contributed by atoms with Gasteiger partial charge in [0.25, 0.3) is 11.8 Å². The predicted octanol–water partition coefficient (Wildman–Crippen LogP) is 5.19. The predicted molar refractivity (Wildman–Crippen MR) is 127 cm³/mol. The van der Waals surface area contributed by atoms with Crippen LogP contribution in [0.1, 0.15) is 5.56 Å². The van der Waals surface area contributed by atoms with Gasteiger partial charge in [-0.1, -0.05) is 23.7 Å². The van der Waals surface area contributed by atoms with Gasteiger partial charge < -0.3 is 20.1 Å². The number of nitrogens with one attached hydrogen (secondary N) is 2. The van der Waals surface area contributed by atoms with Crippen LogP contribution in [0.4, 0.5) is 20.2 Å². The summed E-state index contributed by atoms with van der Waals surface area (Å²) in [5.74, 6) is -2.21. The fourth-order valence-electron chi connectivity index (χ4n) is 2.90. The Morgan fingerprint density at radius 1 is 1.09 bits per heavy atom. The van der Waals surface area contributed by atoms with Crippen molar-refractivity contribution < 1.29 is 27.8 Å². The summed E-state index contributed by atoms with van der Waals surface area (Å²) in [6.45, 7) is -0.483. The Morgan fingerprint density at radius 3 is 2.46 bits per heavy atom. The highest BCUT2D eigenvalue weighted by molar-refractivity contribution is 6.32. The molecular weight excluding hydrogens is 480 g/mol. The highest BCUT2D eigenvalue weighted by atomic mass is 35.5. The van der Waals surface area contributed by atoms with Gasteiger partial charge in [-0.25, -0.2) is 8.78 Å². The van der Waals surface area contributed by atoms with Gasteiger partial charge in [0, 0.05) is 5.69 Å². The maximum atomic E-state index is 13.7. The molecule has 0 saturated carbocycles. The second-order valence-electron chi connectivity index (χ2n) is 6.98. The van der Waals surface area contributed by atoms with Crippen molar-refractivity contribution in [3.05, 3.63) is 88.5 Å². The molecule has 0 aromatic heterocycles. The first-order valence-electron chi connectivity index (χ1n) is 10.0. The number of benzene rings is 3. The molecular formula is C25H18ClF2N3O4. The first kappa shape index (κ1) is 25.2. The minimum absolute atomic E-state index is 0.00240. The Bertz CT molecular complexity index is 1320. The highest BCUT2D eigenvalue weighted by Gasteiger charge is 2.16. The third kappa shape index (κ3) is 6.79. The first-order valence-corrected chi connectivity index (χ1v) is 10.4. The Balaban J connectivity index is 1.74. The van der Waals surface area contributed by atoms with Gasteiger partial charge in [-0.2, -0.15) is 5.26 Å². The Kier molecular flexibility index (Phi) is 8.38. The number of carbonyl (C=O) groups excluding carboxylic acids is 2. The van der Waals surface area contributed by atoms with Crippen molar-refractivity contribution in [1.82, 2.24) is 0 Å². The molecule has 10 heteroatoms. The SMILES string of the molecule is COc1cc(C=C(C#N)C(=O)Nc2ccc(F)cc2)cc(Cl)c1OCC(=O)Nc1ccccc1F. The monoisotopic (exact) mass is 497 g/mol. The van der Waals surface area contributed by atoms with Crippen molar-refractivity contribution in [3.63, 3.8) is 0 Å². The average molecular weight is 498 g/mol. The standard InChI is InChI=1S/C25H18ClF2N3O4/c1-34-22-12-15(10-16(13-29)25(33)30-18-8-6-17(27)7-9-18)11-19(26)24(22)35-14-23(32)31-21-5-3-2-4-20(21)28/h2-12H,14H2,1H3,(H,30,33)(H,31,32). The molecule has 2 amide bonds. The lowest BCUT2D eigenvalue weighted by Crippen LogP contribution is -2.21. The van der Waals surface area contributed by atoms with Crippen molar-refractivity contribution in [1.29, 1.82) is 5.26 Å². The highest BCUT2D eigenvalue weighted by Crippen LogP contribution is 2.37. The van der Waals surface area contributed by atoms with Gasteiger partial charge in [0.1, 0.15) is 23.3 Å². The minimum atomic E-state index is -0.709. The maximum Gasteiger partial charge on any atom is 0.266 e. The summed E-state index contributed by atoms with van der Waals surface area (Å²) in [5, 5.41) is 14.3. The van der Waals surface area contributed by atoms with Crippen molar-refractivity contribution in [3.8, 4) is 17.6 Å². The van der Waals surface area contributed by atoms with Crippen LogP contribution in [0.25, 0.3) is 6.08 Å². The van der Waals surface area contributed by atoms with Crippen LogP contribution in [-0.4, -0.2) is 25.5 Å². The normalized spacial score (nSPS) is 10.8. The van der Waals surface area contributed by atoms with Crippen molar-refractivity contribution in [2.75, 3.05) is 24.4 Å². The van der Waals surface area contributed by atoms with E-state index in [2.05, 4.69) is 10.6 Å². The first-order chi connectivity index (χ1) is 16.8. The quantitative estimate of drug-likeness (QED) is 0.329. The summed E-state index contributed by atoms with van der Waals surface area (Å²) in [6.07, 6.45) is 1.28. The molecule has 3 aromatic carbocycles. The number of ether oxygens (including phenoxy) is 2. The molecule has 0 unspecified atom stereocenters. The third-order valence-corrected chi connectivity index (χ3v) is 4.81. The Morgan fingerprint density at radius 2 is 1.80 bits per heavy atom. The van der Waals surface area contributed by atoms with Crippen LogP contribution in [0, 0.1) is 23.0 Å². The van der Waals surface area contributed by atoms with E-state index < -0.39 is 30.1 Å². The van der Waals surface area contributed by atoms with E-state index in [1.807, 2.05) is 0 Å². The van der Waals surface area contributed by atoms with E-state index in [0.29, 0.717) is 11.3 Å². The largest absolute Gasteiger partial charge is 0.493 e. The number of halogens is 3. The summed E-state index contributed by atoms with van der Waals surface area (Å²) in [7, 11) is 1.35.